The van der Waals surface area contributed by atoms with Crippen molar-refractivity contribution in [1.29, 1.82) is 0 Å². The molecule has 1 aromatic heterocycles. The second-order valence-corrected chi connectivity index (χ2v) is 8.36. The van der Waals surface area contributed by atoms with Crippen LogP contribution in [0.2, 0.25) is 5.02 Å². The summed E-state index contributed by atoms with van der Waals surface area (Å²) in [6, 6.07) is 10.5. The zero-order valence-electron chi connectivity index (χ0n) is 19.0. The van der Waals surface area contributed by atoms with Crippen molar-refractivity contribution < 1.29 is 27.5 Å². The van der Waals surface area contributed by atoms with E-state index in [0.29, 0.717) is 17.3 Å². The molecule has 0 saturated heterocycles. The van der Waals surface area contributed by atoms with Gasteiger partial charge in [-0.25, -0.2) is 22.8 Å². The van der Waals surface area contributed by atoms with Gasteiger partial charge in [-0.2, -0.15) is 0 Å². The van der Waals surface area contributed by atoms with Crippen LogP contribution in [0.25, 0.3) is 16.7 Å². The third kappa shape index (κ3) is 4.59. The quantitative estimate of drug-likeness (QED) is 0.393. The van der Waals surface area contributed by atoms with Crippen LogP contribution in [0.15, 0.2) is 59.4 Å². The third-order valence-corrected chi connectivity index (χ3v) is 6.00. The molecule has 0 fully saturated rings. The Hall–Kier alpha value is -4.05. The number of rotatable bonds is 6. The van der Waals surface area contributed by atoms with Gasteiger partial charge in [0.05, 0.1) is 28.9 Å². The Bertz CT molecular complexity index is 1530. The Balaban J connectivity index is 1.63. The second-order valence-electron chi connectivity index (χ2n) is 7.95. The summed E-state index contributed by atoms with van der Waals surface area (Å²) in [5.74, 6) is -4.22. The number of nitrogens with one attached hydrogen (secondary N) is 1. The van der Waals surface area contributed by atoms with Crippen molar-refractivity contribution >= 4 is 34.5 Å². The van der Waals surface area contributed by atoms with Crippen LogP contribution in [-0.4, -0.2) is 34.2 Å². The zero-order chi connectivity index (χ0) is 26.1. The van der Waals surface area contributed by atoms with Crippen molar-refractivity contribution in [2.45, 2.75) is 12.5 Å². The van der Waals surface area contributed by atoms with Crippen LogP contribution < -0.4 is 11.0 Å². The first-order valence-electron chi connectivity index (χ1n) is 10.6. The first kappa shape index (κ1) is 25.1. The Morgan fingerprint density at radius 3 is 2.39 bits per heavy atom. The van der Waals surface area contributed by atoms with Crippen LogP contribution in [0.1, 0.15) is 15.9 Å². The Labute approximate surface area is 207 Å². The number of imidazole rings is 1. The van der Waals surface area contributed by atoms with E-state index >= 15 is 0 Å². The molecule has 0 aliphatic carbocycles. The van der Waals surface area contributed by atoms with E-state index in [1.165, 1.54) is 31.3 Å². The molecule has 186 valence electrons. The molecule has 36 heavy (non-hydrogen) atoms. The fourth-order valence-corrected chi connectivity index (χ4v) is 4.16. The van der Waals surface area contributed by atoms with E-state index in [1.54, 1.807) is 12.1 Å². The van der Waals surface area contributed by atoms with E-state index in [2.05, 4.69) is 5.32 Å². The summed E-state index contributed by atoms with van der Waals surface area (Å²) in [6.45, 7) is 0. The predicted octanol–water partition coefficient (Wildman–Crippen LogP) is 3.91. The van der Waals surface area contributed by atoms with Gasteiger partial charge >= 0.3 is 11.7 Å². The standard InChI is InChI=1S/C25H19ClF3N3O4/c1-31-20-12-14(27)11-18(29)22(20)32(25(31)35)15-8-6-13(7-9-15)10-19(24(34)36-2)30-23(33)21-16(26)4-3-5-17(21)28/h3-9,11-12,19H,10H2,1-2H3,(H,30,33). The minimum absolute atomic E-state index is 0.0330. The van der Waals surface area contributed by atoms with Crippen molar-refractivity contribution in [1.82, 2.24) is 14.5 Å². The first-order valence-corrected chi connectivity index (χ1v) is 11.0. The second kappa shape index (κ2) is 9.90. The zero-order valence-corrected chi connectivity index (χ0v) is 19.8. The molecule has 0 radical (unpaired) electrons. The Morgan fingerprint density at radius 1 is 1.06 bits per heavy atom. The summed E-state index contributed by atoms with van der Waals surface area (Å²) < 4.78 is 49.3. The van der Waals surface area contributed by atoms with Crippen molar-refractivity contribution in [2.75, 3.05) is 7.11 Å². The number of amides is 1. The highest BCUT2D eigenvalue weighted by Crippen LogP contribution is 2.23. The number of ether oxygens (including phenoxy) is 1. The smallest absolute Gasteiger partial charge is 0.333 e. The van der Waals surface area contributed by atoms with Gasteiger partial charge in [0.15, 0.2) is 5.82 Å². The number of hydrogen-bond donors (Lipinski definition) is 1. The number of nitrogens with zero attached hydrogens (tertiary/aromatic N) is 2. The van der Waals surface area contributed by atoms with Gasteiger partial charge in [-0.1, -0.05) is 29.8 Å². The van der Waals surface area contributed by atoms with E-state index in [0.717, 1.165) is 28.4 Å². The maximum atomic E-state index is 14.5. The van der Waals surface area contributed by atoms with E-state index in [1.807, 2.05) is 0 Å². The lowest BCUT2D eigenvalue weighted by Gasteiger charge is -2.17. The Kier molecular flexibility index (Phi) is 6.89. The average molecular weight is 518 g/mol. The van der Waals surface area contributed by atoms with Crippen LogP contribution in [-0.2, 0) is 23.0 Å². The summed E-state index contributed by atoms with van der Waals surface area (Å²) in [7, 11) is 2.55. The fraction of sp³-hybridized carbons (Fsp3) is 0.160. The van der Waals surface area contributed by atoms with Crippen LogP contribution in [0.5, 0.6) is 0 Å². The molecular weight excluding hydrogens is 499 g/mol. The van der Waals surface area contributed by atoms with E-state index < -0.39 is 46.6 Å². The minimum atomic E-state index is -1.18. The summed E-state index contributed by atoms with van der Waals surface area (Å²) in [4.78, 5) is 37.7. The predicted molar refractivity (Wildman–Crippen MR) is 127 cm³/mol. The number of halogens is 4. The van der Waals surface area contributed by atoms with E-state index in [4.69, 9.17) is 16.3 Å². The van der Waals surface area contributed by atoms with Crippen LogP contribution >= 0.6 is 11.6 Å². The number of fused-ring (bicyclic) bond motifs is 1. The summed E-state index contributed by atoms with van der Waals surface area (Å²) in [6.07, 6.45) is -0.0330. The lowest BCUT2D eigenvalue weighted by molar-refractivity contribution is -0.142. The summed E-state index contributed by atoms with van der Waals surface area (Å²) >= 11 is 5.94. The van der Waals surface area contributed by atoms with E-state index in [9.17, 15) is 27.6 Å². The minimum Gasteiger partial charge on any atom is -0.467 e. The molecule has 7 nitrogen and oxygen atoms in total. The molecule has 1 amide bonds. The highest BCUT2D eigenvalue weighted by Gasteiger charge is 2.25. The molecule has 1 N–H and O–H groups in total. The van der Waals surface area contributed by atoms with Gasteiger partial charge < -0.3 is 10.1 Å². The molecule has 0 bridgehead atoms. The molecule has 4 aromatic rings. The number of aryl methyl sites for hydroxylation is 1. The largest absolute Gasteiger partial charge is 0.467 e. The highest BCUT2D eigenvalue weighted by molar-refractivity contribution is 6.33. The highest BCUT2D eigenvalue weighted by atomic mass is 35.5. The molecule has 1 heterocycles. The molecule has 1 atom stereocenters. The molecule has 11 heteroatoms. The maximum absolute atomic E-state index is 14.5. The molecule has 0 saturated carbocycles. The maximum Gasteiger partial charge on any atom is 0.333 e. The number of aromatic nitrogens is 2. The summed E-state index contributed by atoms with van der Waals surface area (Å²) in [5, 5.41) is 2.31. The number of carbonyl (C=O) groups is 2. The molecular formula is C25H19ClF3N3O4. The molecule has 0 aliphatic heterocycles. The van der Waals surface area contributed by atoms with Crippen molar-refractivity contribution in [2.24, 2.45) is 7.05 Å². The molecule has 1 unspecified atom stereocenters. The molecule has 3 aromatic carbocycles. The van der Waals surface area contributed by atoms with Gasteiger partial charge in [0.25, 0.3) is 5.91 Å². The average Bonchev–Trinajstić information content (AvgIpc) is 3.09. The van der Waals surface area contributed by atoms with Gasteiger partial charge in [0, 0.05) is 25.6 Å². The monoisotopic (exact) mass is 517 g/mol. The van der Waals surface area contributed by atoms with Crippen molar-refractivity contribution in [3.8, 4) is 5.69 Å². The number of carbonyl (C=O) groups excluding carboxylic acids is 2. The lowest BCUT2D eigenvalue weighted by Crippen LogP contribution is -2.43. The van der Waals surface area contributed by atoms with Gasteiger partial charge in [-0.15, -0.1) is 0 Å². The van der Waals surface area contributed by atoms with Gasteiger partial charge in [-0.3, -0.25) is 13.9 Å². The molecule has 0 spiro atoms. The topological polar surface area (TPSA) is 82.3 Å². The van der Waals surface area contributed by atoms with Gasteiger partial charge in [0.2, 0.25) is 0 Å². The van der Waals surface area contributed by atoms with E-state index in [-0.39, 0.29) is 22.5 Å². The third-order valence-electron chi connectivity index (χ3n) is 5.69. The fourth-order valence-electron chi connectivity index (χ4n) is 3.92. The van der Waals surface area contributed by atoms with Crippen LogP contribution in [0.3, 0.4) is 0 Å². The summed E-state index contributed by atoms with van der Waals surface area (Å²) in [5.41, 5.74) is -0.133. The Morgan fingerprint density at radius 2 is 1.75 bits per heavy atom. The van der Waals surface area contributed by atoms with Crippen molar-refractivity contribution in [3.05, 3.63) is 98.7 Å². The number of esters is 1. The lowest BCUT2D eigenvalue weighted by atomic mass is 10.0. The van der Waals surface area contributed by atoms with Gasteiger partial charge in [-0.05, 0) is 29.8 Å². The first-order chi connectivity index (χ1) is 17.1. The van der Waals surface area contributed by atoms with Gasteiger partial charge in [0.1, 0.15) is 23.2 Å². The van der Waals surface area contributed by atoms with Crippen molar-refractivity contribution in [3.63, 3.8) is 0 Å². The molecule has 4 rings (SSSR count). The number of hydrogen-bond acceptors (Lipinski definition) is 4. The normalized spacial score (nSPS) is 11.9. The van der Waals surface area contributed by atoms with Crippen LogP contribution in [0.4, 0.5) is 13.2 Å². The number of methoxy groups -OCH3 is 1. The SMILES string of the molecule is COC(=O)C(Cc1ccc(-n2c(=O)n(C)c3cc(F)cc(F)c32)cc1)NC(=O)c1c(F)cccc1Cl. The van der Waals surface area contributed by atoms with Crippen LogP contribution in [0, 0.1) is 17.5 Å². The molecule has 0 aliphatic rings. The number of benzene rings is 3.